The summed E-state index contributed by atoms with van der Waals surface area (Å²) in [6, 6.07) is 6.36. The van der Waals surface area contributed by atoms with E-state index in [-0.39, 0.29) is 0 Å². The van der Waals surface area contributed by atoms with E-state index in [1.165, 1.54) is 16.7 Å². The Hall–Kier alpha value is -1.48. The lowest BCUT2D eigenvalue weighted by Crippen LogP contribution is -2.13. The maximum Gasteiger partial charge on any atom is 0.0343 e. The third-order valence-corrected chi connectivity index (χ3v) is 2.90. The lowest BCUT2D eigenvalue weighted by atomic mass is 9.98. The molecule has 1 aromatic carbocycles. The van der Waals surface area contributed by atoms with Crippen molar-refractivity contribution in [2.24, 2.45) is 5.73 Å². The number of aryl methyl sites for hydroxylation is 1. The summed E-state index contributed by atoms with van der Waals surface area (Å²) in [5.74, 6) is 0. The Kier molecular flexibility index (Phi) is 5.04. The van der Waals surface area contributed by atoms with Crippen LogP contribution in [0.4, 0.5) is 5.69 Å². The quantitative estimate of drug-likeness (QED) is 0.820. The Labute approximate surface area is 104 Å². The first-order valence-electron chi connectivity index (χ1n) is 5.92. The number of hydrogen-bond acceptors (Lipinski definition) is 3. The highest BCUT2D eigenvalue weighted by Crippen LogP contribution is 2.24. The average molecular weight is 233 g/mol. The van der Waals surface area contributed by atoms with Crippen LogP contribution >= 0.6 is 0 Å². The second-order valence-corrected chi connectivity index (χ2v) is 4.52. The molecule has 0 amide bonds. The molecule has 1 aromatic rings. The van der Waals surface area contributed by atoms with Crippen LogP contribution in [0.25, 0.3) is 5.57 Å². The van der Waals surface area contributed by atoms with Gasteiger partial charge in [0.15, 0.2) is 0 Å². The van der Waals surface area contributed by atoms with E-state index in [0.29, 0.717) is 0 Å². The Balaban J connectivity index is 2.95. The van der Waals surface area contributed by atoms with Gasteiger partial charge in [-0.2, -0.15) is 0 Å². The highest BCUT2D eigenvalue weighted by Gasteiger charge is 2.06. The third-order valence-electron chi connectivity index (χ3n) is 2.90. The van der Waals surface area contributed by atoms with Gasteiger partial charge in [-0.3, -0.25) is 0 Å². The van der Waals surface area contributed by atoms with E-state index in [4.69, 9.17) is 5.73 Å². The van der Waals surface area contributed by atoms with Crippen molar-refractivity contribution in [1.82, 2.24) is 4.90 Å². The Bertz CT molecular complexity index is 394. The maximum absolute atomic E-state index is 5.75. The largest absolute Gasteiger partial charge is 0.404 e. The topological polar surface area (TPSA) is 41.3 Å². The van der Waals surface area contributed by atoms with E-state index in [9.17, 15) is 0 Å². The molecule has 3 nitrogen and oxygen atoms in total. The highest BCUT2D eigenvalue weighted by molar-refractivity contribution is 5.71. The van der Waals surface area contributed by atoms with Crippen molar-refractivity contribution in [1.29, 1.82) is 0 Å². The molecule has 0 fully saturated rings. The van der Waals surface area contributed by atoms with Crippen LogP contribution in [-0.2, 0) is 0 Å². The minimum absolute atomic E-state index is 0.970. The molecule has 3 heteroatoms. The van der Waals surface area contributed by atoms with Crippen molar-refractivity contribution in [3.05, 3.63) is 35.5 Å². The SMILES string of the molecule is CNc1ccc(C)c(/C(=C\N)CCN(C)C)c1. The van der Waals surface area contributed by atoms with Crippen LogP contribution in [0.5, 0.6) is 0 Å². The van der Waals surface area contributed by atoms with E-state index in [0.717, 1.165) is 18.7 Å². The molecule has 0 aromatic heterocycles. The predicted octanol–water partition coefficient (Wildman–Crippen LogP) is 2.29. The molecular formula is C14H23N3. The summed E-state index contributed by atoms with van der Waals surface area (Å²) in [6.45, 7) is 3.13. The van der Waals surface area contributed by atoms with E-state index in [2.05, 4.69) is 49.4 Å². The first-order chi connectivity index (χ1) is 8.08. The Morgan fingerprint density at radius 3 is 2.65 bits per heavy atom. The lowest BCUT2D eigenvalue weighted by molar-refractivity contribution is 0.419. The first-order valence-corrected chi connectivity index (χ1v) is 5.92. The highest BCUT2D eigenvalue weighted by atomic mass is 15.0. The third kappa shape index (κ3) is 3.79. The molecule has 17 heavy (non-hydrogen) atoms. The maximum atomic E-state index is 5.75. The molecule has 0 saturated heterocycles. The van der Waals surface area contributed by atoms with Gasteiger partial charge in [-0.25, -0.2) is 0 Å². The van der Waals surface area contributed by atoms with Crippen LogP contribution in [0.15, 0.2) is 24.4 Å². The van der Waals surface area contributed by atoms with Gasteiger partial charge in [-0.05, 0) is 62.5 Å². The van der Waals surface area contributed by atoms with Gasteiger partial charge in [0.2, 0.25) is 0 Å². The van der Waals surface area contributed by atoms with E-state index < -0.39 is 0 Å². The van der Waals surface area contributed by atoms with Crippen LogP contribution in [0.2, 0.25) is 0 Å². The summed E-state index contributed by atoms with van der Waals surface area (Å²) >= 11 is 0. The van der Waals surface area contributed by atoms with Crippen molar-refractivity contribution in [3.8, 4) is 0 Å². The minimum atomic E-state index is 0.970. The molecule has 0 atom stereocenters. The summed E-state index contributed by atoms with van der Waals surface area (Å²) < 4.78 is 0. The van der Waals surface area contributed by atoms with Gasteiger partial charge < -0.3 is 16.0 Å². The fourth-order valence-corrected chi connectivity index (χ4v) is 1.78. The van der Waals surface area contributed by atoms with Gasteiger partial charge in [0.1, 0.15) is 0 Å². The second-order valence-electron chi connectivity index (χ2n) is 4.52. The lowest BCUT2D eigenvalue weighted by Gasteiger charge is -2.15. The molecule has 0 saturated carbocycles. The molecule has 1 rings (SSSR count). The van der Waals surface area contributed by atoms with Gasteiger partial charge in [0.05, 0.1) is 0 Å². The number of nitrogens with one attached hydrogen (secondary N) is 1. The molecule has 0 bridgehead atoms. The van der Waals surface area contributed by atoms with Gasteiger partial charge >= 0.3 is 0 Å². The van der Waals surface area contributed by atoms with Gasteiger partial charge in [0.25, 0.3) is 0 Å². The summed E-state index contributed by atoms with van der Waals surface area (Å²) in [4.78, 5) is 2.17. The minimum Gasteiger partial charge on any atom is -0.404 e. The predicted molar refractivity (Wildman–Crippen MR) is 76.1 cm³/mol. The van der Waals surface area contributed by atoms with Crippen molar-refractivity contribution < 1.29 is 0 Å². The Morgan fingerprint density at radius 2 is 2.12 bits per heavy atom. The van der Waals surface area contributed by atoms with Gasteiger partial charge in [-0.1, -0.05) is 6.07 Å². The molecular weight excluding hydrogens is 210 g/mol. The molecule has 3 N–H and O–H groups in total. The molecule has 0 heterocycles. The van der Waals surface area contributed by atoms with Crippen LogP contribution in [0.1, 0.15) is 17.5 Å². The zero-order valence-electron chi connectivity index (χ0n) is 11.2. The van der Waals surface area contributed by atoms with Crippen molar-refractivity contribution in [3.63, 3.8) is 0 Å². The van der Waals surface area contributed by atoms with Crippen LogP contribution in [0.3, 0.4) is 0 Å². The summed E-state index contributed by atoms with van der Waals surface area (Å²) in [7, 11) is 6.08. The number of hydrogen-bond donors (Lipinski definition) is 2. The van der Waals surface area contributed by atoms with E-state index in [1.807, 2.05) is 7.05 Å². The van der Waals surface area contributed by atoms with Crippen LogP contribution in [0, 0.1) is 6.92 Å². The van der Waals surface area contributed by atoms with E-state index in [1.54, 1.807) is 6.20 Å². The zero-order valence-corrected chi connectivity index (χ0v) is 11.2. The number of benzene rings is 1. The smallest absolute Gasteiger partial charge is 0.0343 e. The molecule has 0 aliphatic heterocycles. The molecule has 94 valence electrons. The molecule has 0 unspecified atom stereocenters. The van der Waals surface area contributed by atoms with Gasteiger partial charge in [0, 0.05) is 19.3 Å². The first kappa shape index (κ1) is 13.6. The fraction of sp³-hybridized carbons (Fsp3) is 0.429. The summed E-state index contributed by atoms with van der Waals surface area (Å²) in [6.07, 6.45) is 2.70. The fourth-order valence-electron chi connectivity index (χ4n) is 1.78. The number of rotatable bonds is 5. The molecule has 0 radical (unpaired) electrons. The van der Waals surface area contributed by atoms with Crippen molar-refractivity contribution in [2.75, 3.05) is 33.0 Å². The average Bonchev–Trinajstić information content (AvgIpc) is 2.31. The number of nitrogens with zero attached hydrogens (tertiary/aromatic N) is 1. The summed E-state index contributed by atoms with van der Waals surface area (Å²) in [5.41, 5.74) is 10.6. The standard InChI is InChI=1S/C14H23N3/c1-11-5-6-13(16-2)9-14(11)12(10-15)7-8-17(3)4/h5-6,9-10,16H,7-8,15H2,1-4H3/b12-10-. The van der Waals surface area contributed by atoms with Gasteiger partial charge in [-0.15, -0.1) is 0 Å². The van der Waals surface area contributed by atoms with Crippen molar-refractivity contribution >= 4 is 11.3 Å². The Morgan fingerprint density at radius 1 is 1.41 bits per heavy atom. The van der Waals surface area contributed by atoms with Crippen LogP contribution in [-0.4, -0.2) is 32.6 Å². The van der Waals surface area contributed by atoms with Crippen LogP contribution < -0.4 is 11.1 Å². The van der Waals surface area contributed by atoms with Crippen molar-refractivity contribution in [2.45, 2.75) is 13.3 Å². The summed E-state index contributed by atoms with van der Waals surface area (Å²) in [5, 5.41) is 3.16. The number of anilines is 1. The monoisotopic (exact) mass is 233 g/mol. The number of nitrogens with two attached hydrogens (primary N) is 1. The zero-order chi connectivity index (χ0) is 12.8. The molecule has 0 aliphatic carbocycles. The molecule has 0 spiro atoms. The molecule has 0 aliphatic rings. The van der Waals surface area contributed by atoms with E-state index >= 15 is 0 Å². The normalized spacial score (nSPS) is 11.9. The second kappa shape index (κ2) is 6.30.